The van der Waals surface area contributed by atoms with Crippen molar-refractivity contribution in [3.05, 3.63) is 47.5 Å². The lowest BCUT2D eigenvalue weighted by atomic mass is 9.65. The van der Waals surface area contributed by atoms with Gasteiger partial charge in [-0.25, -0.2) is 0 Å². The van der Waals surface area contributed by atoms with Crippen molar-refractivity contribution in [1.29, 1.82) is 0 Å². The summed E-state index contributed by atoms with van der Waals surface area (Å²) in [4.78, 5) is 0. The van der Waals surface area contributed by atoms with Crippen molar-refractivity contribution in [3.63, 3.8) is 0 Å². The van der Waals surface area contributed by atoms with E-state index in [-0.39, 0.29) is 5.41 Å². The Bertz CT molecular complexity index is 704. The summed E-state index contributed by atoms with van der Waals surface area (Å²) in [5.74, 6) is 1.25. The molecule has 1 saturated carbocycles. The molecule has 0 saturated heterocycles. The third-order valence-electron chi connectivity index (χ3n) is 6.33. The molecule has 0 N–H and O–H groups in total. The van der Waals surface area contributed by atoms with E-state index >= 15 is 0 Å². The van der Waals surface area contributed by atoms with Crippen LogP contribution in [0.4, 0.5) is 0 Å². The van der Waals surface area contributed by atoms with E-state index in [0.29, 0.717) is 5.92 Å². The van der Waals surface area contributed by atoms with Gasteiger partial charge in [-0.1, -0.05) is 55.7 Å². The van der Waals surface area contributed by atoms with Gasteiger partial charge in [0.05, 0.1) is 13.2 Å². The Morgan fingerprint density at radius 3 is 2.25 bits per heavy atom. The molecule has 1 fully saturated rings. The molecule has 2 aliphatic carbocycles. The predicted molar refractivity (Wildman–Crippen MR) is 98.7 cm³/mol. The molecular weight excluding hydrogens is 296 g/mol. The molecule has 0 aromatic heterocycles. The number of ether oxygens (including phenoxy) is 2. The van der Waals surface area contributed by atoms with Gasteiger partial charge < -0.3 is 9.47 Å². The van der Waals surface area contributed by atoms with E-state index in [9.17, 15) is 0 Å². The molecule has 1 atom stereocenters. The Balaban J connectivity index is 1.93. The molecule has 2 aromatic rings. The minimum atomic E-state index is -0.0469. The van der Waals surface area contributed by atoms with Crippen molar-refractivity contribution in [2.45, 2.75) is 43.4 Å². The van der Waals surface area contributed by atoms with Crippen LogP contribution in [0.15, 0.2) is 36.4 Å². The minimum Gasteiger partial charge on any atom is -0.384 e. The molecule has 1 unspecified atom stereocenters. The Hall–Kier alpha value is -1.38. The van der Waals surface area contributed by atoms with E-state index in [4.69, 9.17) is 9.47 Å². The molecule has 0 amide bonds. The molecule has 2 aliphatic rings. The Morgan fingerprint density at radius 2 is 1.58 bits per heavy atom. The van der Waals surface area contributed by atoms with Gasteiger partial charge >= 0.3 is 0 Å². The molecule has 4 rings (SSSR count). The lowest BCUT2D eigenvalue weighted by Crippen LogP contribution is -2.43. The number of benzene rings is 2. The first-order valence-electron chi connectivity index (χ1n) is 9.32. The largest absolute Gasteiger partial charge is 0.384 e. The highest BCUT2D eigenvalue weighted by atomic mass is 16.5. The standard InChI is InChI=1S/C22H28O2/c1-23-14-22(15-24-2)19-13-7-11-16-10-6-12-18(20(16)19)21(22)17-8-4-3-5-9-17/h6-7,10-13,17,21H,3-5,8-9,14-15H2,1-2H3. The maximum atomic E-state index is 5.79. The second-order valence-corrected chi connectivity index (χ2v) is 7.65. The lowest BCUT2D eigenvalue weighted by Gasteiger charge is -2.42. The van der Waals surface area contributed by atoms with E-state index in [1.807, 2.05) is 14.2 Å². The predicted octanol–water partition coefficient (Wildman–Crippen LogP) is 5.05. The summed E-state index contributed by atoms with van der Waals surface area (Å²) in [5.41, 5.74) is 2.92. The lowest BCUT2D eigenvalue weighted by molar-refractivity contribution is 0.0300. The van der Waals surface area contributed by atoms with Crippen LogP contribution in [-0.4, -0.2) is 27.4 Å². The van der Waals surface area contributed by atoms with Crippen LogP contribution < -0.4 is 0 Å². The van der Waals surface area contributed by atoms with Gasteiger partial charge in [-0.05, 0) is 40.7 Å². The van der Waals surface area contributed by atoms with Gasteiger partial charge in [0, 0.05) is 25.6 Å². The number of hydrogen-bond donors (Lipinski definition) is 0. The van der Waals surface area contributed by atoms with E-state index in [1.54, 1.807) is 0 Å². The summed E-state index contributed by atoms with van der Waals surface area (Å²) < 4.78 is 11.6. The summed E-state index contributed by atoms with van der Waals surface area (Å²) in [5, 5.41) is 2.82. The van der Waals surface area contributed by atoms with Crippen LogP contribution in [0.3, 0.4) is 0 Å². The van der Waals surface area contributed by atoms with E-state index in [0.717, 1.165) is 19.1 Å². The fourth-order valence-corrected chi connectivity index (χ4v) is 5.57. The topological polar surface area (TPSA) is 18.5 Å². The Morgan fingerprint density at radius 1 is 0.917 bits per heavy atom. The van der Waals surface area contributed by atoms with E-state index in [1.165, 1.54) is 54.0 Å². The molecule has 0 heterocycles. The van der Waals surface area contributed by atoms with Crippen LogP contribution in [-0.2, 0) is 14.9 Å². The minimum absolute atomic E-state index is 0.0469. The molecule has 2 nitrogen and oxygen atoms in total. The van der Waals surface area contributed by atoms with Gasteiger partial charge in [0.25, 0.3) is 0 Å². The third kappa shape index (κ3) is 2.31. The second-order valence-electron chi connectivity index (χ2n) is 7.65. The first-order valence-corrected chi connectivity index (χ1v) is 9.32. The quantitative estimate of drug-likeness (QED) is 0.766. The second kappa shape index (κ2) is 6.50. The summed E-state index contributed by atoms with van der Waals surface area (Å²) >= 11 is 0. The maximum Gasteiger partial charge on any atom is 0.0587 e. The molecule has 0 spiro atoms. The average Bonchev–Trinajstić information content (AvgIpc) is 2.89. The monoisotopic (exact) mass is 324 g/mol. The molecule has 0 bridgehead atoms. The van der Waals surface area contributed by atoms with Gasteiger partial charge in [0.1, 0.15) is 0 Å². The number of methoxy groups -OCH3 is 2. The Kier molecular flexibility index (Phi) is 4.36. The molecule has 24 heavy (non-hydrogen) atoms. The van der Waals surface area contributed by atoms with Crippen LogP contribution >= 0.6 is 0 Å². The summed E-state index contributed by atoms with van der Waals surface area (Å²) in [6, 6.07) is 13.6. The zero-order valence-corrected chi connectivity index (χ0v) is 14.9. The summed E-state index contributed by atoms with van der Waals surface area (Å²) in [7, 11) is 3.66. The van der Waals surface area contributed by atoms with Crippen LogP contribution in [0.2, 0.25) is 0 Å². The van der Waals surface area contributed by atoms with Crippen LogP contribution in [0.25, 0.3) is 10.8 Å². The first-order chi connectivity index (χ1) is 11.8. The zero-order chi connectivity index (χ0) is 16.6. The maximum absolute atomic E-state index is 5.79. The van der Waals surface area contributed by atoms with Gasteiger partial charge in [-0.3, -0.25) is 0 Å². The number of rotatable bonds is 5. The summed E-state index contributed by atoms with van der Waals surface area (Å²) in [6.45, 7) is 1.46. The molecule has 2 heteroatoms. The van der Waals surface area contributed by atoms with Gasteiger partial charge in [0.15, 0.2) is 0 Å². The highest BCUT2D eigenvalue weighted by Crippen LogP contribution is 2.56. The van der Waals surface area contributed by atoms with Crippen molar-refractivity contribution < 1.29 is 9.47 Å². The fourth-order valence-electron chi connectivity index (χ4n) is 5.57. The van der Waals surface area contributed by atoms with E-state index in [2.05, 4.69) is 36.4 Å². The third-order valence-corrected chi connectivity index (χ3v) is 6.33. The Labute approximate surface area is 145 Å². The van der Waals surface area contributed by atoms with Crippen LogP contribution in [0, 0.1) is 5.92 Å². The SMILES string of the molecule is COCC1(COC)c2cccc3cccc(c23)C1C1CCCCC1. The fraction of sp³-hybridized carbons (Fsp3) is 0.545. The van der Waals surface area contributed by atoms with Crippen molar-refractivity contribution >= 4 is 10.8 Å². The molecule has 128 valence electrons. The smallest absolute Gasteiger partial charge is 0.0587 e. The molecular formula is C22H28O2. The number of hydrogen-bond acceptors (Lipinski definition) is 2. The van der Waals surface area contributed by atoms with Gasteiger partial charge in [-0.2, -0.15) is 0 Å². The first kappa shape index (κ1) is 16.1. The molecule has 0 radical (unpaired) electrons. The normalized spacial score (nSPS) is 23.0. The highest BCUT2D eigenvalue weighted by molar-refractivity contribution is 5.93. The summed E-state index contributed by atoms with van der Waals surface area (Å²) in [6.07, 6.45) is 6.80. The van der Waals surface area contributed by atoms with Gasteiger partial charge in [0.2, 0.25) is 0 Å². The van der Waals surface area contributed by atoms with E-state index < -0.39 is 0 Å². The van der Waals surface area contributed by atoms with Crippen molar-refractivity contribution in [1.82, 2.24) is 0 Å². The zero-order valence-electron chi connectivity index (χ0n) is 14.9. The highest BCUT2D eigenvalue weighted by Gasteiger charge is 2.50. The molecule has 2 aromatic carbocycles. The van der Waals surface area contributed by atoms with Crippen LogP contribution in [0.5, 0.6) is 0 Å². The van der Waals surface area contributed by atoms with Crippen molar-refractivity contribution in [2.75, 3.05) is 27.4 Å². The molecule has 0 aliphatic heterocycles. The van der Waals surface area contributed by atoms with Gasteiger partial charge in [-0.15, -0.1) is 0 Å². The van der Waals surface area contributed by atoms with Crippen LogP contribution in [0.1, 0.15) is 49.1 Å². The van der Waals surface area contributed by atoms with Crippen molar-refractivity contribution in [2.24, 2.45) is 5.92 Å². The average molecular weight is 324 g/mol. The van der Waals surface area contributed by atoms with Crippen molar-refractivity contribution in [3.8, 4) is 0 Å².